The van der Waals surface area contributed by atoms with Crippen LogP contribution in [0.1, 0.15) is 5.56 Å². The summed E-state index contributed by atoms with van der Waals surface area (Å²) in [4.78, 5) is 19.1. The molecular weight excluding hydrogens is 360 g/mol. The first-order chi connectivity index (χ1) is 12.0. The number of halogens is 1. The van der Waals surface area contributed by atoms with E-state index in [1.807, 2.05) is 6.92 Å². The number of nitrogens with zero attached hydrogens (tertiary/aromatic N) is 3. The molecule has 0 aliphatic carbocycles. The van der Waals surface area contributed by atoms with Gasteiger partial charge in [0.05, 0.1) is 24.7 Å². The van der Waals surface area contributed by atoms with Crippen LogP contribution in [0.2, 0.25) is 0 Å². The summed E-state index contributed by atoms with van der Waals surface area (Å²) in [6.07, 6.45) is 1.42. The molecule has 0 atom stereocenters. The number of aromatic nitrogens is 2. The Labute approximate surface area is 155 Å². The van der Waals surface area contributed by atoms with Crippen LogP contribution in [0, 0.1) is 17.0 Å². The van der Waals surface area contributed by atoms with Crippen LogP contribution in [0.15, 0.2) is 36.7 Å². The van der Waals surface area contributed by atoms with Crippen LogP contribution in [0.5, 0.6) is 11.5 Å². The number of nitrogens with one attached hydrogen (secondary N) is 1. The quantitative estimate of drug-likeness (QED) is 0.530. The van der Waals surface area contributed by atoms with Gasteiger partial charge in [0, 0.05) is 29.3 Å². The van der Waals surface area contributed by atoms with E-state index in [1.165, 1.54) is 18.5 Å². The number of hydrogen-bond donors (Lipinski definition) is 1. The van der Waals surface area contributed by atoms with Gasteiger partial charge in [-0.3, -0.25) is 10.1 Å². The molecule has 0 spiro atoms. The Morgan fingerprint density at radius 2 is 1.77 bits per heavy atom. The van der Waals surface area contributed by atoms with Crippen molar-refractivity contribution < 1.29 is 14.4 Å². The van der Waals surface area contributed by atoms with Crippen molar-refractivity contribution in [1.82, 2.24) is 9.97 Å². The molecule has 0 unspecified atom stereocenters. The van der Waals surface area contributed by atoms with Crippen LogP contribution in [0.25, 0.3) is 10.9 Å². The number of fused-ring (bicyclic) bond motifs is 1. The molecule has 1 N–H and O–H groups in total. The molecule has 0 fully saturated rings. The van der Waals surface area contributed by atoms with E-state index in [2.05, 4.69) is 15.3 Å². The molecular formula is C17H17ClN4O4. The van der Waals surface area contributed by atoms with Gasteiger partial charge in [0.1, 0.15) is 12.1 Å². The Balaban J connectivity index is 0.00000243. The normalized spacial score (nSPS) is 10.1. The molecule has 8 nitrogen and oxygen atoms in total. The van der Waals surface area contributed by atoms with Crippen LogP contribution in [-0.4, -0.2) is 29.1 Å². The second-order valence-corrected chi connectivity index (χ2v) is 5.33. The number of nitro benzene ring substituents is 1. The molecule has 2 aromatic carbocycles. The average Bonchev–Trinajstić information content (AvgIpc) is 2.62. The molecule has 3 aromatic rings. The Morgan fingerprint density at radius 1 is 1.08 bits per heavy atom. The Morgan fingerprint density at radius 3 is 2.42 bits per heavy atom. The van der Waals surface area contributed by atoms with Crippen molar-refractivity contribution in [3.63, 3.8) is 0 Å². The Hall–Kier alpha value is -3.13. The van der Waals surface area contributed by atoms with Crippen molar-refractivity contribution in [3.8, 4) is 11.5 Å². The molecule has 0 bridgehead atoms. The van der Waals surface area contributed by atoms with Gasteiger partial charge in [0.25, 0.3) is 5.69 Å². The van der Waals surface area contributed by atoms with E-state index < -0.39 is 4.92 Å². The van der Waals surface area contributed by atoms with Gasteiger partial charge in [-0.2, -0.15) is 0 Å². The third-order valence-electron chi connectivity index (χ3n) is 3.83. The van der Waals surface area contributed by atoms with Crippen molar-refractivity contribution in [3.05, 3.63) is 52.3 Å². The third-order valence-corrected chi connectivity index (χ3v) is 3.83. The van der Waals surface area contributed by atoms with Gasteiger partial charge in [-0.05, 0) is 18.6 Å². The molecule has 0 saturated heterocycles. The summed E-state index contributed by atoms with van der Waals surface area (Å²) in [6, 6.07) is 8.15. The van der Waals surface area contributed by atoms with Crippen LogP contribution in [0.4, 0.5) is 17.2 Å². The summed E-state index contributed by atoms with van der Waals surface area (Å²) in [5, 5.41) is 14.9. The van der Waals surface area contributed by atoms with Gasteiger partial charge >= 0.3 is 0 Å². The first-order valence-electron chi connectivity index (χ1n) is 7.42. The topological polar surface area (TPSA) is 99.4 Å². The first-order valence-corrected chi connectivity index (χ1v) is 7.42. The molecule has 26 heavy (non-hydrogen) atoms. The second-order valence-electron chi connectivity index (χ2n) is 5.33. The number of nitro groups is 1. The number of aryl methyl sites for hydroxylation is 1. The number of non-ortho nitro benzene ring substituents is 1. The largest absolute Gasteiger partial charge is 0.493 e. The van der Waals surface area contributed by atoms with Crippen LogP contribution < -0.4 is 14.8 Å². The number of rotatable bonds is 5. The molecule has 1 heterocycles. The number of methoxy groups -OCH3 is 2. The lowest BCUT2D eigenvalue weighted by Gasteiger charge is -2.13. The number of benzene rings is 2. The maximum Gasteiger partial charge on any atom is 0.271 e. The van der Waals surface area contributed by atoms with Gasteiger partial charge in [-0.25, -0.2) is 9.97 Å². The zero-order chi connectivity index (χ0) is 18.0. The predicted molar refractivity (Wildman–Crippen MR) is 101 cm³/mol. The van der Waals surface area contributed by atoms with E-state index in [-0.39, 0.29) is 18.1 Å². The predicted octanol–water partition coefficient (Wildman–Crippen LogP) is 4.03. The molecule has 136 valence electrons. The molecule has 1 aromatic heterocycles. The molecule has 9 heteroatoms. The van der Waals surface area contributed by atoms with E-state index in [4.69, 9.17) is 9.47 Å². The maximum atomic E-state index is 11.0. The highest BCUT2D eigenvalue weighted by atomic mass is 35.5. The lowest BCUT2D eigenvalue weighted by Crippen LogP contribution is -2.00. The first kappa shape index (κ1) is 19.2. The molecule has 0 aliphatic heterocycles. The van der Waals surface area contributed by atoms with E-state index in [9.17, 15) is 10.1 Å². The van der Waals surface area contributed by atoms with Gasteiger partial charge in [0.2, 0.25) is 0 Å². The van der Waals surface area contributed by atoms with Crippen molar-refractivity contribution in [2.45, 2.75) is 6.92 Å². The highest BCUT2D eigenvalue weighted by Crippen LogP contribution is 2.35. The van der Waals surface area contributed by atoms with Gasteiger partial charge < -0.3 is 14.8 Å². The van der Waals surface area contributed by atoms with Gasteiger partial charge in [-0.1, -0.05) is 6.07 Å². The van der Waals surface area contributed by atoms with Gasteiger partial charge in [-0.15, -0.1) is 12.4 Å². The van der Waals surface area contributed by atoms with E-state index >= 15 is 0 Å². The summed E-state index contributed by atoms with van der Waals surface area (Å²) < 4.78 is 10.6. The van der Waals surface area contributed by atoms with Gasteiger partial charge in [0.15, 0.2) is 11.5 Å². The summed E-state index contributed by atoms with van der Waals surface area (Å²) >= 11 is 0. The molecule has 0 radical (unpaired) electrons. The fourth-order valence-corrected chi connectivity index (χ4v) is 2.47. The minimum Gasteiger partial charge on any atom is -0.493 e. The standard InChI is InChI=1S/C17H16N4O4.ClH/c1-10-4-5-11(21(22)23)6-13(10)20-17-12-7-15(24-2)16(25-3)8-14(12)18-9-19-17;/h4-9H,1-3H3,(H,18,19,20);1H. The highest BCUT2D eigenvalue weighted by molar-refractivity contribution is 5.93. The van der Waals surface area contributed by atoms with Crippen LogP contribution in [0.3, 0.4) is 0 Å². The SMILES string of the molecule is COc1cc2ncnc(Nc3cc([N+](=O)[O-])ccc3C)c2cc1OC.Cl. The summed E-state index contributed by atoms with van der Waals surface area (Å²) in [6.45, 7) is 1.86. The maximum absolute atomic E-state index is 11.0. The van der Waals surface area contributed by atoms with Crippen molar-refractivity contribution >= 4 is 40.5 Å². The minimum absolute atomic E-state index is 0. The molecule has 0 amide bonds. The van der Waals surface area contributed by atoms with E-state index in [1.54, 1.807) is 32.4 Å². The Bertz CT molecular complexity index is 965. The number of hydrogen-bond acceptors (Lipinski definition) is 7. The molecule has 0 aliphatic rings. The summed E-state index contributed by atoms with van der Waals surface area (Å²) in [5.41, 5.74) is 2.13. The van der Waals surface area contributed by atoms with Crippen molar-refractivity contribution in [2.75, 3.05) is 19.5 Å². The lowest BCUT2D eigenvalue weighted by molar-refractivity contribution is -0.384. The number of anilines is 2. The second kappa shape index (κ2) is 7.83. The zero-order valence-corrected chi connectivity index (χ0v) is 15.2. The fraction of sp³-hybridized carbons (Fsp3) is 0.176. The van der Waals surface area contributed by atoms with E-state index in [0.29, 0.717) is 33.9 Å². The van der Waals surface area contributed by atoms with E-state index in [0.717, 1.165) is 5.56 Å². The van der Waals surface area contributed by atoms with Crippen LogP contribution in [-0.2, 0) is 0 Å². The summed E-state index contributed by atoms with van der Waals surface area (Å²) in [7, 11) is 3.10. The fourth-order valence-electron chi connectivity index (χ4n) is 2.47. The lowest BCUT2D eigenvalue weighted by atomic mass is 10.1. The smallest absolute Gasteiger partial charge is 0.271 e. The van der Waals surface area contributed by atoms with Crippen molar-refractivity contribution in [2.24, 2.45) is 0 Å². The zero-order valence-electron chi connectivity index (χ0n) is 14.3. The minimum atomic E-state index is -0.434. The number of ether oxygens (including phenoxy) is 2. The Kier molecular flexibility index (Phi) is 5.78. The highest BCUT2D eigenvalue weighted by Gasteiger charge is 2.13. The average molecular weight is 377 g/mol. The third kappa shape index (κ3) is 3.60. The molecule has 0 saturated carbocycles. The monoisotopic (exact) mass is 376 g/mol. The van der Waals surface area contributed by atoms with Crippen molar-refractivity contribution in [1.29, 1.82) is 0 Å². The summed E-state index contributed by atoms with van der Waals surface area (Å²) in [5.74, 6) is 1.63. The van der Waals surface area contributed by atoms with Crippen LogP contribution >= 0.6 is 12.4 Å². The molecule has 3 rings (SSSR count).